The minimum atomic E-state index is -3.72. The lowest BCUT2D eigenvalue weighted by Gasteiger charge is -2.26. The van der Waals surface area contributed by atoms with Crippen molar-refractivity contribution in [1.29, 1.82) is 0 Å². The minimum absolute atomic E-state index is 0.0344. The number of hydrogen-bond donors (Lipinski definition) is 1. The van der Waals surface area contributed by atoms with E-state index in [-0.39, 0.29) is 17.0 Å². The summed E-state index contributed by atoms with van der Waals surface area (Å²) in [5.74, 6) is -0.0537. The monoisotopic (exact) mass is 433 g/mol. The smallest absolute Gasteiger partial charge is 0.252 e. The third-order valence-corrected chi connectivity index (χ3v) is 6.84. The second kappa shape index (κ2) is 10.5. The molecule has 1 fully saturated rings. The topological polar surface area (TPSA) is 97.8 Å². The van der Waals surface area contributed by atoms with Crippen molar-refractivity contribution < 1.29 is 22.7 Å². The summed E-state index contributed by atoms with van der Waals surface area (Å²) >= 11 is 0. The second-order valence-corrected chi connectivity index (χ2v) is 8.86. The van der Waals surface area contributed by atoms with Crippen molar-refractivity contribution in [2.45, 2.75) is 30.7 Å². The number of nitrogens with zero attached hydrogens (tertiary/aromatic N) is 2. The van der Waals surface area contributed by atoms with Gasteiger partial charge in [0.1, 0.15) is 6.61 Å². The van der Waals surface area contributed by atoms with E-state index >= 15 is 0 Å². The lowest BCUT2D eigenvalue weighted by molar-refractivity contribution is 0.0946. The van der Waals surface area contributed by atoms with Crippen LogP contribution < -0.4 is 10.1 Å². The zero-order valence-corrected chi connectivity index (χ0v) is 17.9. The van der Waals surface area contributed by atoms with Crippen LogP contribution in [0.4, 0.5) is 0 Å². The molecule has 0 bridgehead atoms. The van der Waals surface area contributed by atoms with E-state index in [1.54, 1.807) is 37.6 Å². The molecular formula is C21H27N3O5S. The van der Waals surface area contributed by atoms with E-state index < -0.39 is 15.9 Å². The van der Waals surface area contributed by atoms with Crippen molar-refractivity contribution in [3.05, 3.63) is 53.7 Å². The van der Waals surface area contributed by atoms with Gasteiger partial charge in [0.2, 0.25) is 15.9 Å². The van der Waals surface area contributed by atoms with Gasteiger partial charge >= 0.3 is 0 Å². The zero-order valence-electron chi connectivity index (χ0n) is 17.0. The number of amides is 1. The van der Waals surface area contributed by atoms with E-state index in [1.165, 1.54) is 16.4 Å². The third kappa shape index (κ3) is 5.35. The Kier molecular flexibility index (Phi) is 7.78. The molecule has 8 nitrogen and oxygen atoms in total. The number of ether oxygens (including phenoxy) is 2. The lowest BCUT2D eigenvalue weighted by atomic mass is 10.2. The molecule has 30 heavy (non-hydrogen) atoms. The Balaban J connectivity index is 1.74. The summed E-state index contributed by atoms with van der Waals surface area (Å²) in [6.07, 6.45) is 4.29. The molecule has 1 aromatic heterocycles. The van der Waals surface area contributed by atoms with Crippen LogP contribution in [0.5, 0.6) is 5.88 Å². The number of benzene rings is 1. The normalized spacial score (nSPS) is 15.0. The van der Waals surface area contributed by atoms with E-state index in [4.69, 9.17) is 9.47 Å². The van der Waals surface area contributed by atoms with Crippen molar-refractivity contribution in [2.75, 3.05) is 33.4 Å². The molecule has 0 atom stereocenters. The predicted octanol–water partition coefficient (Wildman–Crippen LogP) is 2.21. The van der Waals surface area contributed by atoms with Gasteiger partial charge in [0.15, 0.2) is 0 Å². The van der Waals surface area contributed by atoms with Crippen molar-refractivity contribution >= 4 is 15.9 Å². The molecule has 1 N–H and O–H groups in total. The standard InChI is InChI=1S/C21H27N3O5S/c1-28-14-15-29-21-17(8-7-11-22-21)16-23-20(25)18-9-3-4-10-19(18)30(26,27)24-12-5-2-6-13-24/h3-4,7-11H,2,5-6,12-16H2,1H3,(H,23,25). The number of hydrogen-bond acceptors (Lipinski definition) is 6. The number of rotatable bonds is 9. The first-order chi connectivity index (χ1) is 14.5. The fraction of sp³-hybridized carbons (Fsp3) is 0.429. The first-order valence-electron chi connectivity index (χ1n) is 9.97. The van der Waals surface area contributed by atoms with Crippen LogP contribution in [0.25, 0.3) is 0 Å². The van der Waals surface area contributed by atoms with Gasteiger partial charge in [0, 0.05) is 38.5 Å². The van der Waals surface area contributed by atoms with Crippen LogP contribution >= 0.6 is 0 Å². The van der Waals surface area contributed by atoms with Gasteiger partial charge in [-0.2, -0.15) is 4.31 Å². The van der Waals surface area contributed by atoms with Gasteiger partial charge in [0.25, 0.3) is 5.91 Å². The Morgan fingerprint density at radius 1 is 1.10 bits per heavy atom. The third-order valence-electron chi connectivity index (χ3n) is 4.88. The molecule has 9 heteroatoms. The maximum Gasteiger partial charge on any atom is 0.252 e. The number of carbonyl (C=O) groups is 1. The highest BCUT2D eigenvalue weighted by Crippen LogP contribution is 2.24. The summed E-state index contributed by atoms with van der Waals surface area (Å²) in [5, 5.41) is 2.79. The van der Waals surface area contributed by atoms with Gasteiger partial charge in [-0.3, -0.25) is 4.79 Å². The van der Waals surface area contributed by atoms with E-state index in [0.717, 1.165) is 19.3 Å². The number of pyridine rings is 1. The lowest BCUT2D eigenvalue weighted by Crippen LogP contribution is -2.37. The Hall–Kier alpha value is -2.49. The van der Waals surface area contributed by atoms with Gasteiger partial charge in [-0.25, -0.2) is 13.4 Å². The van der Waals surface area contributed by atoms with Crippen LogP contribution in [0.15, 0.2) is 47.5 Å². The quantitative estimate of drug-likeness (QED) is 0.609. The van der Waals surface area contributed by atoms with Crippen LogP contribution in [0.3, 0.4) is 0 Å². The first kappa shape index (κ1) is 22.2. The molecule has 0 saturated carbocycles. The Morgan fingerprint density at radius 2 is 1.87 bits per heavy atom. The van der Waals surface area contributed by atoms with Crippen molar-refractivity contribution in [2.24, 2.45) is 0 Å². The highest BCUT2D eigenvalue weighted by molar-refractivity contribution is 7.89. The molecule has 1 amide bonds. The molecule has 1 saturated heterocycles. The largest absolute Gasteiger partial charge is 0.475 e. The number of sulfonamides is 1. The molecule has 2 aromatic rings. The first-order valence-corrected chi connectivity index (χ1v) is 11.4. The minimum Gasteiger partial charge on any atom is -0.475 e. The molecule has 0 aliphatic carbocycles. The van der Waals surface area contributed by atoms with Crippen molar-refractivity contribution in [1.82, 2.24) is 14.6 Å². The van der Waals surface area contributed by atoms with Crippen LogP contribution in [-0.2, 0) is 21.3 Å². The van der Waals surface area contributed by atoms with Gasteiger partial charge in [-0.1, -0.05) is 24.6 Å². The van der Waals surface area contributed by atoms with Crippen molar-refractivity contribution in [3.63, 3.8) is 0 Å². The second-order valence-electron chi connectivity index (χ2n) is 6.95. The maximum absolute atomic E-state index is 13.1. The molecule has 162 valence electrons. The molecule has 0 radical (unpaired) electrons. The molecule has 0 spiro atoms. The number of nitrogens with one attached hydrogen (secondary N) is 1. The average Bonchev–Trinajstić information content (AvgIpc) is 2.79. The van der Waals surface area contributed by atoms with Gasteiger partial charge in [-0.15, -0.1) is 0 Å². The maximum atomic E-state index is 13.1. The van der Waals surface area contributed by atoms with E-state index in [2.05, 4.69) is 10.3 Å². The summed E-state index contributed by atoms with van der Waals surface area (Å²) < 4.78 is 38.2. The number of aromatic nitrogens is 1. The summed E-state index contributed by atoms with van der Waals surface area (Å²) in [7, 11) is -2.14. The summed E-state index contributed by atoms with van der Waals surface area (Å²) in [6, 6.07) is 9.86. The van der Waals surface area contributed by atoms with Crippen LogP contribution in [0.1, 0.15) is 35.2 Å². The molecule has 2 heterocycles. The molecule has 3 rings (SSSR count). The molecule has 0 unspecified atom stereocenters. The number of methoxy groups -OCH3 is 1. The average molecular weight is 434 g/mol. The predicted molar refractivity (Wildman–Crippen MR) is 112 cm³/mol. The van der Waals surface area contributed by atoms with E-state index in [0.29, 0.717) is 37.7 Å². The zero-order chi connectivity index (χ0) is 21.4. The fourth-order valence-corrected chi connectivity index (χ4v) is 5.01. The Bertz CT molecular complexity index is 959. The Labute approximate surface area is 177 Å². The molecular weight excluding hydrogens is 406 g/mol. The highest BCUT2D eigenvalue weighted by Gasteiger charge is 2.29. The summed E-state index contributed by atoms with van der Waals surface area (Å²) in [6.45, 7) is 1.88. The van der Waals surface area contributed by atoms with Gasteiger partial charge < -0.3 is 14.8 Å². The van der Waals surface area contributed by atoms with E-state index in [9.17, 15) is 13.2 Å². The summed E-state index contributed by atoms with van der Waals surface area (Å²) in [4.78, 5) is 17.1. The SMILES string of the molecule is COCCOc1ncccc1CNC(=O)c1ccccc1S(=O)(=O)N1CCCCC1. The molecule has 1 aliphatic rings. The van der Waals surface area contributed by atoms with Crippen molar-refractivity contribution in [3.8, 4) is 5.88 Å². The number of carbonyl (C=O) groups excluding carboxylic acids is 1. The number of piperidine rings is 1. The van der Waals surface area contributed by atoms with Crippen LogP contribution in [0, 0.1) is 0 Å². The molecule has 1 aromatic carbocycles. The molecule has 1 aliphatic heterocycles. The van der Waals surface area contributed by atoms with Gasteiger partial charge in [0.05, 0.1) is 17.1 Å². The Morgan fingerprint density at radius 3 is 2.63 bits per heavy atom. The van der Waals surface area contributed by atoms with Gasteiger partial charge in [-0.05, 0) is 31.0 Å². The van der Waals surface area contributed by atoms with Crippen LogP contribution in [-0.4, -0.2) is 57.0 Å². The van der Waals surface area contributed by atoms with E-state index in [1.807, 2.05) is 0 Å². The van der Waals surface area contributed by atoms with Crippen LogP contribution in [0.2, 0.25) is 0 Å². The fourth-order valence-electron chi connectivity index (χ4n) is 3.30. The highest BCUT2D eigenvalue weighted by atomic mass is 32.2. The summed E-state index contributed by atoms with van der Waals surface area (Å²) in [5.41, 5.74) is 0.826.